The summed E-state index contributed by atoms with van der Waals surface area (Å²) in [5.74, 6) is -0.198. The van der Waals surface area contributed by atoms with E-state index in [1.807, 2.05) is 6.07 Å². The molecule has 88 valence electrons. The van der Waals surface area contributed by atoms with Gasteiger partial charge in [-0.25, -0.2) is 0 Å². The Morgan fingerprint density at radius 2 is 2.06 bits per heavy atom. The summed E-state index contributed by atoms with van der Waals surface area (Å²) in [6.07, 6.45) is 0.784. The van der Waals surface area contributed by atoms with Gasteiger partial charge in [0.25, 0.3) is 11.8 Å². The van der Waals surface area contributed by atoms with Gasteiger partial charge in [-0.15, -0.1) is 0 Å². The number of hydrogen-bond acceptors (Lipinski definition) is 2. The molecule has 2 atom stereocenters. The van der Waals surface area contributed by atoms with Crippen molar-refractivity contribution in [3.05, 3.63) is 29.8 Å². The molecule has 5 heteroatoms. The van der Waals surface area contributed by atoms with Gasteiger partial charge in [0.15, 0.2) is 6.04 Å². The molecule has 0 bridgehead atoms. The van der Waals surface area contributed by atoms with Crippen molar-refractivity contribution in [2.75, 3.05) is 11.9 Å². The summed E-state index contributed by atoms with van der Waals surface area (Å²) in [5.41, 5.74) is 5.12. The number of quaternary nitrogens is 1. The van der Waals surface area contributed by atoms with Gasteiger partial charge >= 0.3 is 0 Å². The third kappa shape index (κ3) is 1.43. The second kappa shape index (κ2) is 3.56. The summed E-state index contributed by atoms with van der Waals surface area (Å²) in [6, 6.07) is 6.68. The average Bonchev–Trinajstić information content (AvgIpc) is 2.66. The van der Waals surface area contributed by atoms with Crippen LogP contribution in [-0.2, 0) is 4.79 Å². The van der Waals surface area contributed by atoms with E-state index in [4.69, 9.17) is 0 Å². The number of rotatable bonds is 0. The fourth-order valence-corrected chi connectivity index (χ4v) is 2.58. The first-order valence-corrected chi connectivity index (χ1v) is 5.72. The van der Waals surface area contributed by atoms with E-state index in [0.29, 0.717) is 17.8 Å². The fourth-order valence-electron chi connectivity index (χ4n) is 2.58. The van der Waals surface area contributed by atoms with Gasteiger partial charge < -0.3 is 16.0 Å². The molecule has 4 N–H and O–H groups in total. The zero-order chi connectivity index (χ0) is 12.0. The number of hydrogen-bond donors (Lipinski definition) is 2. The Labute approximate surface area is 98.6 Å². The molecular formula is C12H14N3O2+. The number of nitrogens with one attached hydrogen (secondary N) is 1. The van der Waals surface area contributed by atoms with Crippen molar-refractivity contribution >= 4 is 17.5 Å². The van der Waals surface area contributed by atoms with Crippen molar-refractivity contribution in [1.82, 2.24) is 4.90 Å². The smallest absolute Gasteiger partial charge is 0.256 e. The molecule has 2 amide bonds. The first kappa shape index (κ1) is 10.3. The first-order valence-electron chi connectivity index (χ1n) is 5.72. The molecule has 0 unspecified atom stereocenters. The highest BCUT2D eigenvalue weighted by molar-refractivity contribution is 6.10. The first-order chi connectivity index (χ1) is 8.18. The van der Waals surface area contributed by atoms with Crippen molar-refractivity contribution in [2.24, 2.45) is 0 Å². The topological polar surface area (TPSA) is 77.1 Å². The Morgan fingerprint density at radius 1 is 1.29 bits per heavy atom. The summed E-state index contributed by atoms with van der Waals surface area (Å²) in [5, 5.41) is 2.81. The minimum Gasteiger partial charge on any atom is -0.353 e. The predicted molar refractivity (Wildman–Crippen MR) is 61.2 cm³/mol. The molecule has 0 radical (unpaired) electrons. The lowest BCUT2D eigenvalue weighted by atomic mass is 10.1. The molecule has 3 rings (SSSR count). The number of anilines is 1. The summed E-state index contributed by atoms with van der Waals surface area (Å²) in [6.45, 7) is 0.611. The number of benzene rings is 1. The Balaban J connectivity index is 2.10. The third-order valence-electron chi connectivity index (χ3n) is 3.47. The minimum atomic E-state index is -0.421. The maximum absolute atomic E-state index is 12.3. The molecule has 0 aliphatic carbocycles. The van der Waals surface area contributed by atoms with Gasteiger partial charge in [-0.2, -0.15) is 0 Å². The fraction of sp³-hybridized carbons (Fsp3) is 0.333. The van der Waals surface area contributed by atoms with Gasteiger partial charge in [0.05, 0.1) is 11.3 Å². The molecular weight excluding hydrogens is 218 g/mol. The van der Waals surface area contributed by atoms with E-state index < -0.39 is 6.04 Å². The van der Waals surface area contributed by atoms with Crippen LogP contribution in [0.1, 0.15) is 16.8 Å². The van der Waals surface area contributed by atoms with E-state index in [0.717, 1.165) is 6.42 Å². The SMILES string of the molecule is [NH3+][C@H]1CCN2C(=O)c3ccccc3NC(=O)[C@H]12. The number of carbonyl (C=O) groups excluding carboxylic acids is 2. The Kier molecular flexibility index (Phi) is 2.16. The lowest BCUT2D eigenvalue weighted by molar-refractivity contribution is -0.419. The number of amides is 2. The predicted octanol–water partition coefficient (Wildman–Crippen LogP) is -0.536. The average molecular weight is 232 g/mol. The summed E-state index contributed by atoms with van der Waals surface area (Å²) in [7, 11) is 0. The van der Waals surface area contributed by atoms with Gasteiger partial charge in [0.1, 0.15) is 6.04 Å². The summed E-state index contributed by atoms with van der Waals surface area (Å²) < 4.78 is 0. The van der Waals surface area contributed by atoms with Gasteiger partial charge in [0, 0.05) is 13.0 Å². The molecule has 2 aliphatic rings. The molecule has 5 nitrogen and oxygen atoms in total. The molecule has 1 aromatic rings. The third-order valence-corrected chi connectivity index (χ3v) is 3.47. The van der Waals surface area contributed by atoms with Crippen molar-refractivity contribution in [2.45, 2.75) is 18.5 Å². The molecule has 0 spiro atoms. The molecule has 1 saturated heterocycles. The molecule has 17 heavy (non-hydrogen) atoms. The number of para-hydroxylation sites is 1. The largest absolute Gasteiger partial charge is 0.353 e. The zero-order valence-electron chi connectivity index (χ0n) is 9.35. The monoisotopic (exact) mass is 232 g/mol. The van der Waals surface area contributed by atoms with E-state index in [-0.39, 0.29) is 17.9 Å². The van der Waals surface area contributed by atoms with Crippen LogP contribution in [0, 0.1) is 0 Å². The minimum absolute atomic E-state index is 0.0201. The maximum Gasteiger partial charge on any atom is 0.256 e. The van der Waals surface area contributed by atoms with E-state index in [2.05, 4.69) is 11.1 Å². The molecule has 0 saturated carbocycles. The molecule has 2 aliphatic heterocycles. The van der Waals surface area contributed by atoms with Crippen molar-refractivity contribution in [3.63, 3.8) is 0 Å². The van der Waals surface area contributed by atoms with Gasteiger partial charge in [-0.05, 0) is 12.1 Å². The second-order valence-electron chi connectivity index (χ2n) is 4.53. The highest BCUT2D eigenvalue weighted by Crippen LogP contribution is 2.27. The van der Waals surface area contributed by atoms with Gasteiger partial charge in [-0.3, -0.25) is 9.59 Å². The van der Waals surface area contributed by atoms with Crippen molar-refractivity contribution in [3.8, 4) is 0 Å². The van der Waals surface area contributed by atoms with Crippen molar-refractivity contribution < 1.29 is 15.3 Å². The van der Waals surface area contributed by atoms with Crippen LogP contribution >= 0.6 is 0 Å². The Bertz CT molecular complexity index is 500. The Morgan fingerprint density at radius 3 is 2.88 bits per heavy atom. The number of fused-ring (bicyclic) bond motifs is 2. The van der Waals surface area contributed by atoms with Crippen LogP contribution in [0.25, 0.3) is 0 Å². The zero-order valence-corrected chi connectivity index (χ0v) is 9.35. The molecule has 2 heterocycles. The normalized spacial score (nSPS) is 27.2. The van der Waals surface area contributed by atoms with Crippen LogP contribution in [0.15, 0.2) is 24.3 Å². The van der Waals surface area contributed by atoms with Gasteiger partial charge in [0.2, 0.25) is 0 Å². The number of carbonyl (C=O) groups is 2. The van der Waals surface area contributed by atoms with E-state index >= 15 is 0 Å². The standard InChI is InChI=1S/C12H13N3O2/c13-8-5-6-15-10(8)11(16)14-9-4-2-1-3-7(9)12(15)17/h1-4,8,10H,5-6,13H2,(H,14,16)/p+1/t8-,10-/m0/s1. The van der Waals surface area contributed by atoms with Crippen molar-refractivity contribution in [1.29, 1.82) is 0 Å². The highest BCUT2D eigenvalue weighted by Gasteiger charge is 2.45. The number of nitrogens with zero attached hydrogens (tertiary/aromatic N) is 1. The van der Waals surface area contributed by atoms with Crippen LogP contribution in [-0.4, -0.2) is 35.3 Å². The quantitative estimate of drug-likeness (QED) is 0.630. The second-order valence-corrected chi connectivity index (χ2v) is 4.53. The summed E-state index contributed by atoms with van der Waals surface area (Å²) in [4.78, 5) is 26.0. The highest BCUT2D eigenvalue weighted by atomic mass is 16.2. The van der Waals surface area contributed by atoms with Crippen LogP contribution in [0.2, 0.25) is 0 Å². The van der Waals surface area contributed by atoms with Gasteiger partial charge in [-0.1, -0.05) is 12.1 Å². The van der Waals surface area contributed by atoms with Crippen LogP contribution in [0.5, 0.6) is 0 Å². The van der Waals surface area contributed by atoms with Crippen LogP contribution in [0.3, 0.4) is 0 Å². The van der Waals surface area contributed by atoms with Crippen LogP contribution < -0.4 is 11.1 Å². The molecule has 0 aromatic heterocycles. The van der Waals surface area contributed by atoms with E-state index in [1.165, 1.54) is 0 Å². The molecule has 1 fully saturated rings. The molecule has 1 aromatic carbocycles. The Hall–Kier alpha value is -1.88. The van der Waals surface area contributed by atoms with Crippen LogP contribution in [0.4, 0.5) is 5.69 Å². The maximum atomic E-state index is 12.3. The van der Waals surface area contributed by atoms with E-state index in [1.54, 1.807) is 23.1 Å². The lowest BCUT2D eigenvalue weighted by Gasteiger charge is -2.20. The van der Waals surface area contributed by atoms with E-state index in [9.17, 15) is 9.59 Å². The summed E-state index contributed by atoms with van der Waals surface area (Å²) >= 11 is 0. The lowest BCUT2D eigenvalue weighted by Crippen LogP contribution is -2.68.